The third kappa shape index (κ3) is 9.21. The van der Waals surface area contributed by atoms with E-state index in [-0.39, 0.29) is 18.6 Å². The molecule has 0 bridgehead atoms. The van der Waals surface area contributed by atoms with Crippen LogP contribution in [0.2, 0.25) is 45.8 Å². The maximum atomic E-state index is 13.6. The number of halogens is 8. The van der Waals surface area contributed by atoms with E-state index in [2.05, 4.69) is 4.74 Å². The lowest BCUT2D eigenvalue weighted by molar-refractivity contribution is -0.413. The van der Waals surface area contributed by atoms with Crippen LogP contribution in [0.4, 0.5) is 35.1 Å². The quantitative estimate of drug-likeness (QED) is 0.109. The second-order valence-corrected chi connectivity index (χ2v) is 22.8. The van der Waals surface area contributed by atoms with E-state index in [9.17, 15) is 44.7 Å². The van der Waals surface area contributed by atoms with Gasteiger partial charge in [0.2, 0.25) is 0 Å². The van der Waals surface area contributed by atoms with Crippen molar-refractivity contribution in [3.63, 3.8) is 0 Å². The van der Waals surface area contributed by atoms with Crippen molar-refractivity contribution >= 4 is 37.1 Å². The van der Waals surface area contributed by atoms with Crippen LogP contribution in [0.25, 0.3) is 0 Å². The summed E-state index contributed by atoms with van der Waals surface area (Å²) in [4.78, 5) is 23.7. The normalized spacial score (nSPS) is 15.7. The van der Waals surface area contributed by atoms with Crippen molar-refractivity contribution in [1.29, 1.82) is 0 Å². The molecule has 0 saturated carbocycles. The van der Waals surface area contributed by atoms with Crippen LogP contribution in [0.15, 0.2) is 12.2 Å². The van der Waals surface area contributed by atoms with Crippen LogP contribution in [0.5, 0.6) is 0 Å². The Morgan fingerprint density at radius 1 is 0.750 bits per heavy atom. The zero-order valence-electron chi connectivity index (χ0n) is 21.4. The second-order valence-electron chi connectivity index (χ2n) is 10.1. The molecule has 0 saturated heterocycles. The molecule has 0 N–H and O–H groups in total. The lowest BCUT2D eigenvalue weighted by Crippen LogP contribution is -2.62. The Kier molecular flexibility index (Phi) is 10.8. The summed E-state index contributed by atoms with van der Waals surface area (Å²) >= 11 is 0. The number of alkyl halides is 8. The minimum absolute atomic E-state index is 0.0844. The molecule has 1 atom stereocenters. The number of hydrogen-bond donors (Lipinski definition) is 0. The SMILES string of the molecule is CCC(OC(=O)/C=C/C(=O)OC(F)(F)C(F)(F)C(F)(F)C(C)(F)F)[Si](C)(O[Si](C)(C)C)O[Si](C)(C)C. The first kappa shape index (κ1) is 34.7. The molecule has 17 heteroatoms. The third-order valence-electron chi connectivity index (χ3n) is 4.13. The van der Waals surface area contributed by atoms with Gasteiger partial charge in [0.15, 0.2) is 16.6 Å². The fourth-order valence-electron chi connectivity index (χ4n) is 2.93. The Bertz CT molecular complexity index is 803. The first-order valence-corrected chi connectivity index (χ1v) is 19.9. The first-order chi connectivity index (χ1) is 15.6. The van der Waals surface area contributed by atoms with Gasteiger partial charge in [0, 0.05) is 19.1 Å². The van der Waals surface area contributed by atoms with Gasteiger partial charge in [-0.2, -0.15) is 35.1 Å². The Morgan fingerprint density at radius 3 is 1.47 bits per heavy atom. The van der Waals surface area contributed by atoms with Crippen molar-refractivity contribution in [2.75, 3.05) is 0 Å². The van der Waals surface area contributed by atoms with Gasteiger partial charge in [-0.1, -0.05) is 6.92 Å². The van der Waals surface area contributed by atoms with Crippen molar-refractivity contribution in [2.24, 2.45) is 0 Å². The highest BCUT2D eigenvalue weighted by atomic mass is 28.5. The smallest absolute Gasteiger partial charge is 0.457 e. The van der Waals surface area contributed by atoms with Gasteiger partial charge in [0.25, 0.3) is 0 Å². The number of rotatable bonds is 13. The van der Waals surface area contributed by atoms with Crippen LogP contribution in [0.3, 0.4) is 0 Å². The zero-order valence-corrected chi connectivity index (χ0v) is 24.4. The highest BCUT2D eigenvalue weighted by Crippen LogP contribution is 2.52. The maximum Gasteiger partial charge on any atom is 0.473 e. The highest BCUT2D eigenvalue weighted by molar-refractivity contribution is 6.88. The van der Waals surface area contributed by atoms with E-state index in [0.717, 1.165) is 0 Å². The lowest BCUT2D eigenvalue weighted by Gasteiger charge is -2.42. The summed E-state index contributed by atoms with van der Waals surface area (Å²) < 4.78 is 127. The molecule has 212 valence electrons. The predicted octanol–water partition coefficient (Wildman–Crippen LogP) is 6.24. The van der Waals surface area contributed by atoms with Crippen LogP contribution in [-0.4, -0.2) is 66.7 Å². The summed E-state index contributed by atoms with van der Waals surface area (Å²) in [5, 5.41) is 0. The van der Waals surface area contributed by atoms with E-state index >= 15 is 0 Å². The van der Waals surface area contributed by atoms with E-state index in [1.807, 2.05) is 39.3 Å². The van der Waals surface area contributed by atoms with Crippen LogP contribution in [0.1, 0.15) is 20.3 Å². The van der Waals surface area contributed by atoms with Crippen molar-refractivity contribution in [2.45, 2.75) is 95.7 Å². The molecular formula is C19H32F8O6Si3. The highest BCUT2D eigenvalue weighted by Gasteiger charge is 2.81. The van der Waals surface area contributed by atoms with Crippen molar-refractivity contribution in [3.8, 4) is 0 Å². The standard InChI is InChI=1S/C19H32F8O6Si3/c1-10-15(36(9,32-34(3,4)5)33-35(6,7)8)30-13(28)11-12-14(29)31-19(26,27)18(24,25)17(22,23)16(2,20)21/h11-12,15H,10H2,1-9H3/b12-11+. The Hall–Kier alpha value is -1.31. The molecule has 0 aliphatic rings. The van der Waals surface area contributed by atoms with E-state index < -0.39 is 73.7 Å². The van der Waals surface area contributed by atoms with E-state index in [0.29, 0.717) is 0 Å². The monoisotopic (exact) mass is 592 g/mol. The van der Waals surface area contributed by atoms with Gasteiger partial charge < -0.3 is 17.7 Å². The fourth-order valence-corrected chi connectivity index (χ4v) is 15.3. The summed E-state index contributed by atoms with van der Waals surface area (Å²) in [6.07, 6.45) is -5.98. The molecule has 0 aromatic carbocycles. The molecule has 36 heavy (non-hydrogen) atoms. The minimum Gasteiger partial charge on any atom is -0.457 e. The molecule has 0 heterocycles. The van der Waals surface area contributed by atoms with E-state index in [1.165, 1.54) is 0 Å². The molecule has 0 fully saturated rings. The largest absolute Gasteiger partial charge is 0.473 e. The van der Waals surface area contributed by atoms with Crippen molar-refractivity contribution in [3.05, 3.63) is 12.2 Å². The van der Waals surface area contributed by atoms with Gasteiger partial charge in [0.05, 0.1) is 0 Å². The molecule has 0 aliphatic carbocycles. The number of hydrogen-bond acceptors (Lipinski definition) is 6. The fraction of sp³-hybridized carbons (Fsp3) is 0.789. The Morgan fingerprint density at radius 2 is 1.14 bits per heavy atom. The molecule has 0 spiro atoms. The summed E-state index contributed by atoms with van der Waals surface area (Å²) in [5.41, 5.74) is -0.930. The average molecular weight is 593 g/mol. The maximum absolute atomic E-state index is 13.6. The van der Waals surface area contributed by atoms with Gasteiger partial charge >= 0.3 is 44.4 Å². The molecule has 0 rings (SSSR count). The number of carbonyl (C=O) groups excluding carboxylic acids is 2. The molecule has 0 aromatic heterocycles. The third-order valence-corrected chi connectivity index (χ3v) is 14.0. The molecule has 6 nitrogen and oxygen atoms in total. The van der Waals surface area contributed by atoms with Gasteiger partial charge in [0.1, 0.15) is 5.73 Å². The van der Waals surface area contributed by atoms with E-state index in [4.69, 9.17) is 13.0 Å². The zero-order chi connectivity index (χ0) is 29.2. The molecule has 0 aliphatic heterocycles. The molecule has 0 aromatic rings. The topological polar surface area (TPSA) is 71.1 Å². The number of ether oxygens (including phenoxy) is 2. The summed E-state index contributed by atoms with van der Waals surface area (Å²) in [7, 11) is -7.67. The van der Waals surface area contributed by atoms with Crippen molar-refractivity contribution < 1.29 is 62.4 Å². The summed E-state index contributed by atoms with van der Waals surface area (Å²) in [6.45, 7) is 13.9. The summed E-state index contributed by atoms with van der Waals surface area (Å²) in [5.74, 6) is -22.6. The predicted molar refractivity (Wildman–Crippen MR) is 121 cm³/mol. The van der Waals surface area contributed by atoms with E-state index in [1.54, 1.807) is 13.5 Å². The lowest BCUT2D eigenvalue weighted by atomic mass is 10.1. The van der Waals surface area contributed by atoms with Gasteiger partial charge in [-0.15, -0.1) is 0 Å². The molecule has 0 radical (unpaired) electrons. The van der Waals surface area contributed by atoms with Gasteiger partial charge in [-0.05, 0) is 52.2 Å². The molecule has 1 unspecified atom stereocenters. The Balaban J connectivity index is 5.66. The molecule has 0 amide bonds. The van der Waals surface area contributed by atoms with Gasteiger partial charge in [-0.3, -0.25) is 0 Å². The second kappa shape index (κ2) is 11.2. The number of carbonyl (C=O) groups is 2. The number of esters is 2. The summed E-state index contributed by atoms with van der Waals surface area (Å²) in [6, 6.07) is 0. The van der Waals surface area contributed by atoms with Crippen LogP contribution >= 0.6 is 0 Å². The Labute approximate surface area is 207 Å². The van der Waals surface area contributed by atoms with Crippen molar-refractivity contribution in [1.82, 2.24) is 0 Å². The first-order valence-electron chi connectivity index (χ1n) is 10.6. The van der Waals surface area contributed by atoms with Crippen LogP contribution in [-0.2, 0) is 27.3 Å². The minimum atomic E-state index is -6.77. The van der Waals surface area contributed by atoms with Crippen LogP contribution in [0, 0.1) is 0 Å². The van der Waals surface area contributed by atoms with Gasteiger partial charge in [-0.25, -0.2) is 9.59 Å². The van der Waals surface area contributed by atoms with Crippen LogP contribution < -0.4 is 0 Å². The molecular weight excluding hydrogens is 560 g/mol. The average Bonchev–Trinajstić information content (AvgIpc) is 2.59.